The Kier molecular flexibility index (Phi) is 4.60. The van der Waals surface area contributed by atoms with E-state index in [1.54, 1.807) is 0 Å². The lowest BCUT2D eigenvalue weighted by atomic mass is 9.82. The molecule has 24 heavy (non-hydrogen) atoms. The molecule has 0 spiro atoms. The van der Waals surface area contributed by atoms with Crippen molar-refractivity contribution in [2.75, 3.05) is 4.90 Å². The Bertz CT molecular complexity index is 623. The second-order valence-electron chi connectivity index (χ2n) is 7.00. The van der Waals surface area contributed by atoms with Crippen molar-refractivity contribution in [1.82, 2.24) is 0 Å². The highest BCUT2D eigenvalue weighted by Gasteiger charge is 2.39. The van der Waals surface area contributed by atoms with Gasteiger partial charge in [0.15, 0.2) is 0 Å². The van der Waals surface area contributed by atoms with Crippen molar-refractivity contribution in [3.63, 3.8) is 0 Å². The molecule has 1 amide bonds. The van der Waals surface area contributed by atoms with E-state index < -0.39 is 17.8 Å². The summed E-state index contributed by atoms with van der Waals surface area (Å²) in [6.45, 7) is 1.94. The van der Waals surface area contributed by atoms with Gasteiger partial charge in [0.2, 0.25) is 5.91 Å². The van der Waals surface area contributed by atoms with E-state index in [0.717, 1.165) is 43.4 Å². The fraction of sp³-hybridized carbons (Fsp3) is 0.611. The van der Waals surface area contributed by atoms with Crippen LogP contribution in [-0.2, 0) is 17.4 Å². The van der Waals surface area contributed by atoms with Gasteiger partial charge in [0.25, 0.3) is 0 Å². The van der Waals surface area contributed by atoms with Crippen molar-refractivity contribution < 1.29 is 18.0 Å². The summed E-state index contributed by atoms with van der Waals surface area (Å²) in [5, 5.41) is 0. The third kappa shape index (κ3) is 3.16. The number of rotatable bonds is 2. The zero-order chi connectivity index (χ0) is 17.5. The molecule has 3 rings (SSSR count). The Morgan fingerprint density at radius 3 is 2.50 bits per heavy atom. The van der Waals surface area contributed by atoms with Crippen LogP contribution in [0.25, 0.3) is 0 Å². The minimum Gasteiger partial charge on any atom is -0.320 e. The summed E-state index contributed by atoms with van der Waals surface area (Å²) >= 11 is 0. The second-order valence-corrected chi connectivity index (χ2v) is 7.00. The lowest BCUT2D eigenvalue weighted by Gasteiger charge is -2.41. The molecule has 6 heteroatoms. The second kappa shape index (κ2) is 6.39. The summed E-state index contributed by atoms with van der Waals surface area (Å²) in [7, 11) is 0. The average Bonchev–Trinajstić information content (AvgIpc) is 2.55. The molecular formula is C18H23F3N2O. The number of hydrogen-bond donors (Lipinski definition) is 1. The lowest BCUT2D eigenvalue weighted by molar-refractivity contribution is -0.137. The molecule has 3 nitrogen and oxygen atoms in total. The summed E-state index contributed by atoms with van der Waals surface area (Å²) in [5.74, 6) is 0.0512. The van der Waals surface area contributed by atoms with Gasteiger partial charge in [0.05, 0.1) is 11.6 Å². The highest BCUT2D eigenvalue weighted by molar-refractivity contribution is 6.00. The molecule has 0 saturated heterocycles. The molecule has 1 saturated carbocycles. The van der Waals surface area contributed by atoms with Crippen LogP contribution < -0.4 is 10.6 Å². The molecule has 2 atom stereocenters. The van der Waals surface area contributed by atoms with Gasteiger partial charge in [-0.05, 0) is 49.8 Å². The number of hydrogen-bond acceptors (Lipinski definition) is 2. The molecule has 0 unspecified atom stereocenters. The van der Waals surface area contributed by atoms with Crippen molar-refractivity contribution in [2.45, 2.75) is 63.7 Å². The number of nitrogens with two attached hydrogens (primary N) is 1. The molecule has 0 aromatic heterocycles. The van der Waals surface area contributed by atoms with Crippen LogP contribution in [0, 0.1) is 5.92 Å². The maximum Gasteiger partial charge on any atom is 0.416 e. The van der Waals surface area contributed by atoms with Crippen molar-refractivity contribution in [3.05, 3.63) is 29.3 Å². The molecule has 1 aliphatic heterocycles. The normalized spacial score (nSPS) is 24.0. The molecule has 1 heterocycles. The Labute approximate surface area is 140 Å². The maximum atomic E-state index is 13.1. The summed E-state index contributed by atoms with van der Waals surface area (Å²) in [5.41, 5.74) is 6.35. The molecule has 1 fully saturated rings. The standard InChI is InChI=1S/C18H23F3N2O/c1-11(12-5-3-2-4-6-12)23-16-10-14(18(19,20)21)8-7-13(16)9-15(22)17(23)24/h7-8,10-12,15H,2-6,9,22H2,1H3/t11-,15+/m0/s1. The first-order valence-corrected chi connectivity index (χ1v) is 8.58. The fourth-order valence-corrected chi connectivity index (χ4v) is 4.01. The molecular weight excluding hydrogens is 317 g/mol. The largest absolute Gasteiger partial charge is 0.416 e. The number of nitrogens with zero attached hydrogens (tertiary/aromatic N) is 1. The summed E-state index contributed by atoms with van der Waals surface area (Å²) in [6.07, 6.45) is 1.29. The van der Waals surface area contributed by atoms with Gasteiger partial charge >= 0.3 is 6.18 Å². The van der Waals surface area contributed by atoms with Gasteiger partial charge < -0.3 is 10.6 Å². The number of alkyl halides is 3. The van der Waals surface area contributed by atoms with E-state index in [2.05, 4.69) is 0 Å². The Morgan fingerprint density at radius 2 is 1.88 bits per heavy atom. The molecule has 132 valence electrons. The summed E-state index contributed by atoms with van der Waals surface area (Å²) < 4.78 is 39.3. The van der Waals surface area contributed by atoms with Crippen LogP contribution in [0.2, 0.25) is 0 Å². The van der Waals surface area contributed by atoms with Crippen molar-refractivity contribution in [1.29, 1.82) is 0 Å². The minimum absolute atomic E-state index is 0.133. The Hall–Kier alpha value is -1.56. The average molecular weight is 340 g/mol. The predicted molar refractivity (Wildman–Crippen MR) is 86.6 cm³/mol. The maximum absolute atomic E-state index is 13.1. The fourth-order valence-electron chi connectivity index (χ4n) is 4.01. The van der Waals surface area contributed by atoms with Gasteiger partial charge in [0.1, 0.15) is 0 Å². The number of anilines is 1. The van der Waals surface area contributed by atoms with Crippen molar-refractivity contribution in [2.24, 2.45) is 11.7 Å². The molecule has 0 bridgehead atoms. The number of fused-ring (bicyclic) bond motifs is 1. The highest BCUT2D eigenvalue weighted by atomic mass is 19.4. The molecule has 0 radical (unpaired) electrons. The first kappa shape index (κ1) is 17.3. The van der Waals surface area contributed by atoms with E-state index in [1.807, 2.05) is 6.92 Å². The van der Waals surface area contributed by atoms with E-state index in [9.17, 15) is 18.0 Å². The van der Waals surface area contributed by atoms with Crippen LogP contribution in [0.5, 0.6) is 0 Å². The molecule has 1 aliphatic carbocycles. The topological polar surface area (TPSA) is 46.3 Å². The van der Waals surface area contributed by atoms with E-state index in [-0.39, 0.29) is 11.9 Å². The van der Waals surface area contributed by atoms with Gasteiger partial charge in [0, 0.05) is 11.7 Å². The molecule has 2 N–H and O–H groups in total. The van der Waals surface area contributed by atoms with E-state index in [0.29, 0.717) is 18.0 Å². The van der Waals surface area contributed by atoms with Crippen molar-refractivity contribution >= 4 is 11.6 Å². The third-order valence-corrected chi connectivity index (χ3v) is 5.41. The van der Waals surface area contributed by atoms with Gasteiger partial charge in [-0.1, -0.05) is 25.3 Å². The van der Waals surface area contributed by atoms with Crippen LogP contribution in [0.1, 0.15) is 50.2 Å². The Balaban J connectivity index is 2.00. The van der Waals surface area contributed by atoms with E-state index in [4.69, 9.17) is 5.73 Å². The van der Waals surface area contributed by atoms with Crippen LogP contribution in [-0.4, -0.2) is 18.0 Å². The van der Waals surface area contributed by atoms with Crippen LogP contribution in [0.3, 0.4) is 0 Å². The summed E-state index contributed by atoms with van der Waals surface area (Å²) in [4.78, 5) is 14.2. The zero-order valence-corrected chi connectivity index (χ0v) is 13.8. The monoisotopic (exact) mass is 340 g/mol. The highest BCUT2D eigenvalue weighted by Crippen LogP contribution is 2.39. The van der Waals surface area contributed by atoms with E-state index in [1.165, 1.54) is 17.4 Å². The Morgan fingerprint density at radius 1 is 1.21 bits per heavy atom. The number of benzene rings is 1. The van der Waals surface area contributed by atoms with Gasteiger partial charge in [-0.25, -0.2) is 0 Å². The number of halogens is 3. The zero-order valence-electron chi connectivity index (χ0n) is 13.8. The first-order chi connectivity index (χ1) is 11.3. The minimum atomic E-state index is -4.42. The van der Waals surface area contributed by atoms with Gasteiger partial charge in [-0.3, -0.25) is 4.79 Å². The van der Waals surface area contributed by atoms with Gasteiger partial charge in [-0.15, -0.1) is 0 Å². The smallest absolute Gasteiger partial charge is 0.320 e. The van der Waals surface area contributed by atoms with Crippen molar-refractivity contribution in [3.8, 4) is 0 Å². The third-order valence-electron chi connectivity index (χ3n) is 5.41. The SMILES string of the molecule is C[C@@H](C1CCCCC1)N1C(=O)[C@H](N)Cc2ccc(C(F)(F)F)cc21. The number of amides is 1. The van der Waals surface area contributed by atoms with Gasteiger partial charge in [-0.2, -0.15) is 13.2 Å². The van der Waals surface area contributed by atoms with Crippen LogP contribution in [0.15, 0.2) is 18.2 Å². The van der Waals surface area contributed by atoms with Crippen LogP contribution >= 0.6 is 0 Å². The number of carbonyl (C=O) groups is 1. The lowest BCUT2D eigenvalue weighted by Crippen LogP contribution is -2.54. The number of carbonyl (C=O) groups excluding carboxylic acids is 1. The molecule has 1 aromatic rings. The van der Waals surface area contributed by atoms with Crippen LogP contribution in [0.4, 0.5) is 18.9 Å². The molecule has 2 aliphatic rings. The predicted octanol–water partition coefficient (Wildman–Crippen LogP) is 3.89. The van der Waals surface area contributed by atoms with E-state index >= 15 is 0 Å². The summed E-state index contributed by atoms with van der Waals surface area (Å²) in [6, 6.07) is 2.83. The first-order valence-electron chi connectivity index (χ1n) is 8.58. The quantitative estimate of drug-likeness (QED) is 0.888. The molecule has 1 aromatic carbocycles.